The maximum atomic E-state index is 4.52. The third-order valence-electron chi connectivity index (χ3n) is 4.00. The van der Waals surface area contributed by atoms with Crippen LogP contribution in [0.3, 0.4) is 0 Å². The lowest BCUT2D eigenvalue weighted by Crippen LogP contribution is -2.10. The van der Waals surface area contributed by atoms with Crippen molar-refractivity contribution in [2.45, 2.75) is 0 Å². The Bertz CT molecular complexity index is 1110. The molecule has 0 saturated carbocycles. The van der Waals surface area contributed by atoms with Gasteiger partial charge in [-0.25, -0.2) is 0 Å². The zero-order valence-electron chi connectivity index (χ0n) is 12.6. The first kappa shape index (κ1) is 12.9. The van der Waals surface area contributed by atoms with Crippen molar-refractivity contribution >= 4 is 10.9 Å². The van der Waals surface area contributed by atoms with E-state index in [4.69, 9.17) is 0 Å². The van der Waals surface area contributed by atoms with E-state index in [1.165, 1.54) is 5.39 Å². The molecule has 116 valence electrons. The van der Waals surface area contributed by atoms with Crippen LogP contribution in [-0.2, 0) is 0 Å². The standard InChI is InChI=1S/C17H13N7/c1-2-4-17-13(3-1)6-9-22(17)14-11-19-24(12-14)23-10-7-16(21-23)15-5-8-18-20-15/h1-12H,(H,18,20). The summed E-state index contributed by atoms with van der Waals surface area (Å²) in [5, 5.41) is 17.0. The molecule has 0 aliphatic heterocycles. The predicted octanol–water partition coefficient (Wildman–Crippen LogP) is 2.72. The van der Waals surface area contributed by atoms with Gasteiger partial charge < -0.3 is 4.57 Å². The van der Waals surface area contributed by atoms with E-state index >= 15 is 0 Å². The maximum absolute atomic E-state index is 4.52. The lowest BCUT2D eigenvalue weighted by molar-refractivity contribution is 0.509. The summed E-state index contributed by atoms with van der Waals surface area (Å²) in [6.07, 6.45) is 9.38. The quantitative estimate of drug-likeness (QED) is 0.556. The van der Waals surface area contributed by atoms with Gasteiger partial charge in [0, 0.05) is 12.4 Å². The van der Waals surface area contributed by atoms with Gasteiger partial charge >= 0.3 is 0 Å². The van der Waals surface area contributed by atoms with Crippen molar-refractivity contribution < 1.29 is 0 Å². The summed E-state index contributed by atoms with van der Waals surface area (Å²) < 4.78 is 2.11. The van der Waals surface area contributed by atoms with Gasteiger partial charge in [0.25, 0.3) is 0 Å². The van der Waals surface area contributed by atoms with Crippen LogP contribution in [0.4, 0.5) is 0 Å². The Hall–Kier alpha value is -3.61. The highest BCUT2D eigenvalue weighted by Crippen LogP contribution is 2.20. The molecule has 1 aromatic carbocycles. The van der Waals surface area contributed by atoms with Crippen LogP contribution in [-0.4, -0.2) is 34.5 Å². The highest BCUT2D eigenvalue weighted by atomic mass is 15.7. The van der Waals surface area contributed by atoms with E-state index < -0.39 is 0 Å². The monoisotopic (exact) mass is 315 g/mol. The fourth-order valence-electron chi connectivity index (χ4n) is 2.82. The second-order valence-electron chi connectivity index (χ2n) is 5.46. The lowest BCUT2D eigenvalue weighted by Gasteiger charge is -2.01. The third kappa shape index (κ3) is 1.95. The molecular weight excluding hydrogens is 302 g/mol. The van der Waals surface area contributed by atoms with Gasteiger partial charge in [0.05, 0.1) is 35.5 Å². The number of rotatable bonds is 3. The van der Waals surface area contributed by atoms with Crippen LogP contribution in [0.15, 0.2) is 73.4 Å². The molecule has 4 heterocycles. The fourth-order valence-corrected chi connectivity index (χ4v) is 2.82. The van der Waals surface area contributed by atoms with E-state index in [0.717, 1.165) is 22.6 Å². The molecule has 24 heavy (non-hydrogen) atoms. The van der Waals surface area contributed by atoms with Gasteiger partial charge in [-0.3, -0.25) is 5.10 Å². The van der Waals surface area contributed by atoms with Crippen molar-refractivity contribution in [3.63, 3.8) is 0 Å². The average molecular weight is 315 g/mol. The minimum Gasteiger partial charge on any atom is -0.314 e. The van der Waals surface area contributed by atoms with Crippen molar-refractivity contribution in [3.05, 3.63) is 73.4 Å². The SMILES string of the molecule is c1ccc2c(c1)ccn2-c1cnn(-n2ccc(-c3ccn[nH]3)n2)c1. The van der Waals surface area contributed by atoms with E-state index in [1.54, 1.807) is 15.8 Å². The van der Waals surface area contributed by atoms with Crippen LogP contribution in [0.25, 0.3) is 28.0 Å². The van der Waals surface area contributed by atoms with Gasteiger partial charge in [-0.2, -0.15) is 19.8 Å². The zero-order chi connectivity index (χ0) is 15.9. The molecule has 1 N–H and O–H groups in total. The van der Waals surface area contributed by atoms with Gasteiger partial charge in [-0.05, 0) is 29.7 Å². The van der Waals surface area contributed by atoms with Gasteiger partial charge in [0.1, 0.15) is 5.69 Å². The molecule has 0 aliphatic rings. The smallest absolute Gasteiger partial charge is 0.112 e. The Kier molecular flexibility index (Phi) is 2.66. The van der Waals surface area contributed by atoms with Gasteiger partial charge in [0.15, 0.2) is 0 Å². The molecular formula is C17H13N7. The number of aromatic nitrogens is 7. The Labute approximate surface area is 136 Å². The molecule has 7 nitrogen and oxygen atoms in total. The summed E-state index contributed by atoms with van der Waals surface area (Å²) in [7, 11) is 0. The summed E-state index contributed by atoms with van der Waals surface area (Å²) >= 11 is 0. The summed E-state index contributed by atoms with van der Waals surface area (Å²) in [4.78, 5) is 3.38. The first-order valence-corrected chi connectivity index (χ1v) is 7.56. The molecule has 5 aromatic rings. The van der Waals surface area contributed by atoms with Crippen molar-refractivity contribution in [1.29, 1.82) is 0 Å². The van der Waals surface area contributed by atoms with Gasteiger partial charge in [-0.15, -0.1) is 5.10 Å². The van der Waals surface area contributed by atoms with Crippen LogP contribution in [0.2, 0.25) is 0 Å². The number of nitrogens with one attached hydrogen (secondary N) is 1. The average Bonchev–Trinajstić information content (AvgIpc) is 3.40. The van der Waals surface area contributed by atoms with Crippen molar-refractivity contribution in [3.8, 4) is 17.1 Å². The molecule has 0 radical (unpaired) electrons. The molecule has 0 saturated heterocycles. The van der Waals surface area contributed by atoms with Crippen LogP contribution < -0.4 is 0 Å². The van der Waals surface area contributed by atoms with E-state index in [1.807, 2.05) is 49.1 Å². The Morgan fingerprint density at radius 1 is 0.917 bits per heavy atom. The molecule has 5 rings (SSSR count). The highest BCUT2D eigenvalue weighted by Gasteiger charge is 2.08. The number of fused-ring (bicyclic) bond motifs is 1. The summed E-state index contributed by atoms with van der Waals surface area (Å²) in [6, 6.07) is 14.2. The first-order valence-electron chi connectivity index (χ1n) is 7.56. The van der Waals surface area contributed by atoms with Crippen LogP contribution in [0, 0.1) is 0 Å². The maximum Gasteiger partial charge on any atom is 0.112 e. The minimum atomic E-state index is 0.816. The third-order valence-corrected chi connectivity index (χ3v) is 4.00. The number of H-pyrrole nitrogens is 1. The predicted molar refractivity (Wildman–Crippen MR) is 89.7 cm³/mol. The molecule has 0 bridgehead atoms. The Balaban J connectivity index is 1.54. The lowest BCUT2D eigenvalue weighted by atomic mass is 10.2. The number of aromatic amines is 1. The molecule has 0 unspecified atom stereocenters. The normalized spacial score (nSPS) is 11.3. The molecule has 7 heteroatoms. The summed E-state index contributed by atoms with van der Waals surface area (Å²) in [6.45, 7) is 0. The Morgan fingerprint density at radius 2 is 1.88 bits per heavy atom. The molecule has 0 aliphatic carbocycles. The first-order chi connectivity index (χ1) is 11.9. The second kappa shape index (κ2) is 4.95. The molecule has 0 spiro atoms. The van der Waals surface area contributed by atoms with Gasteiger partial charge in [-0.1, -0.05) is 18.2 Å². The minimum absolute atomic E-state index is 0.816. The van der Waals surface area contributed by atoms with E-state index in [9.17, 15) is 0 Å². The van der Waals surface area contributed by atoms with Crippen molar-refractivity contribution in [1.82, 2.24) is 34.5 Å². The molecule has 0 atom stereocenters. The molecule has 0 amide bonds. The van der Waals surface area contributed by atoms with Crippen LogP contribution in [0.1, 0.15) is 0 Å². The topological polar surface area (TPSA) is 69.2 Å². The highest BCUT2D eigenvalue weighted by molar-refractivity contribution is 5.81. The number of benzene rings is 1. The number of nitrogens with zero attached hydrogens (tertiary/aromatic N) is 6. The number of hydrogen-bond donors (Lipinski definition) is 1. The molecule has 0 fully saturated rings. The molecule has 4 aromatic heterocycles. The van der Waals surface area contributed by atoms with Crippen LogP contribution >= 0.6 is 0 Å². The van der Waals surface area contributed by atoms with Crippen LogP contribution in [0.5, 0.6) is 0 Å². The van der Waals surface area contributed by atoms with Crippen molar-refractivity contribution in [2.24, 2.45) is 0 Å². The fraction of sp³-hybridized carbons (Fsp3) is 0. The summed E-state index contributed by atoms with van der Waals surface area (Å²) in [5.74, 6) is 0. The number of para-hydroxylation sites is 1. The number of hydrogen-bond acceptors (Lipinski definition) is 3. The largest absolute Gasteiger partial charge is 0.314 e. The van der Waals surface area contributed by atoms with E-state index in [-0.39, 0.29) is 0 Å². The van der Waals surface area contributed by atoms with E-state index in [2.05, 4.69) is 43.2 Å². The second-order valence-corrected chi connectivity index (χ2v) is 5.46. The Morgan fingerprint density at radius 3 is 2.79 bits per heavy atom. The van der Waals surface area contributed by atoms with E-state index in [0.29, 0.717) is 0 Å². The zero-order valence-corrected chi connectivity index (χ0v) is 12.6. The van der Waals surface area contributed by atoms with Crippen molar-refractivity contribution in [2.75, 3.05) is 0 Å². The summed E-state index contributed by atoms with van der Waals surface area (Å²) in [5.41, 5.74) is 3.82. The van der Waals surface area contributed by atoms with Gasteiger partial charge in [0.2, 0.25) is 0 Å².